The third kappa shape index (κ3) is 4.43. The van der Waals surface area contributed by atoms with Crippen LogP contribution in [0.25, 0.3) is 0 Å². The minimum Gasteiger partial charge on any atom is -0.478 e. The number of aliphatic hydroxyl groups is 2. The van der Waals surface area contributed by atoms with Crippen LogP contribution in [0.2, 0.25) is 0 Å². The molecule has 0 aliphatic carbocycles. The van der Waals surface area contributed by atoms with Gasteiger partial charge in [0.25, 0.3) is 0 Å². The maximum atomic E-state index is 10.9. The second-order valence-electron chi connectivity index (χ2n) is 3.94. The molecular weight excluding hydrogens is 228 g/mol. The maximum Gasteiger partial charge on any atom is 0.331 e. The Balaban J connectivity index is 2.63. The first-order chi connectivity index (χ1) is 8.10. The number of ether oxygens (including phenoxy) is 2. The molecule has 0 spiro atoms. The van der Waals surface area contributed by atoms with E-state index < -0.39 is 18.0 Å². The molecule has 1 aliphatic heterocycles. The summed E-state index contributed by atoms with van der Waals surface area (Å²) in [6.07, 6.45) is -0.195. The van der Waals surface area contributed by atoms with Crippen molar-refractivity contribution in [2.75, 3.05) is 26.4 Å². The highest BCUT2D eigenvalue weighted by molar-refractivity contribution is 5.86. The van der Waals surface area contributed by atoms with Gasteiger partial charge in [-0.05, 0) is 6.42 Å². The third-order valence-corrected chi connectivity index (χ3v) is 2.69. The van der Waals surface area contributed by atoms with Crippen molar-refractivity contribution in [1.82, 2.24) is 0 Å². The SMILES string of the molecule is C=C(C(=O)O)C(CC1CO1)C(CO)OCCO. The van der Waals surface area contributed by atoms with E-state index in [1.165, 1.54) is 0 Å². The van der Waals surface area contributed by atoms with Gasteiger partial charge in [0.1, 0.15) is 0 Å². The smallest absolute Gasteiger partial charge is 0.331 e. The Hall–Kier alpha value is -0.950. The van der Waals surface area contributed by atoms with Crippen LogP contribution in [0, 0.1) is 5.92 Å². The molecule has 3 atom stereocenters. The molecule has 1 rings (SSSR count). The predicted molar refractivity (Wildman–Crippen MR) is 58.5 cm³/mol. The lowest BCUT2D eigenvalue weighted by molar-refractivity contribution is -0.134. The summed E-state index contributed by atoms with van der Waals surface area (Å²) in [6.45, 7) is 3.66. The van der Waals surface area contributed by atoms with Crippen LogP contribution in [0.3, 0.4) is 0 Å². The fraction of sp³-hybridized carbons (Fsp3) is 0.727. The Bertz CT molecular complexity index is 273. The molecule has 0 aromatic rings. The number of carbonyl (C=O) groups is 1. The number of rotatable bonds is 9. The number of carboxylic acids is 1. The number of hydrogen-bond acceptors (Lipinski definition) is 5. The summed E-state index contributed by atoms with van der Waals surface area (Å²) in [7, 11) is 0. The van der Waals surface area contributed by atoms with Crippen LogP contribution in [0.15, 0.2) is 12.2 Å². The van der Waals surface area contributed by atoms with Gasteiger partial charge in [0.15, 0.2) is 0 Å². The average Bonchev–Trinajstić information content (AvgIpc) is 3.11. The second-order valence-corrected chi connectivity index (χ2v) is 3.94. The highest BCUT2D eigenvalue weighted by atomic mass is 16.6. The van der Waals surface area contributed by atoms with Gasteiger partial charge in [-0.3, -0.25) is 0 Å². The molecule has 1 fully saturated rings. The maximum absolute atomic E-state index is 10.9. The molecule has 0 aromatic heterocycles. The largest absolute Gasteiger partial charge is 0.478 e. The first-order valence-electron chi connectivity index (χ1n) is 5.47. The summed E-state index contributed by atoms with van der Waals surface area (Å²) in [4.78, 5) is 10.9. The van der Waals surface area contributed by atoms with E-state index in [1.54, 1.807) is 0 Å². The molecule has 0 aromatic carbocycles. The van der Waals surface area contributed by atoms with Crippen LogP contribution in [-0.4, -0.2) is 59.9 Å². The minimum atomic E-state index is -1.11. The van der Waals surface area contributed by atoms with Gasteiger partial charge >= 0.3 is 5.97 Å². The highest BCUT2D eigenvalue weighted by Gasteiger charge is 2.35. The van der Waals surface area contributed by atoms with E-state index in [0.717, 1.165) is 0 Å². The van der Waals surface area contributed by atoms with Crippen molar-refractivity contribution in [1.29, 1.82) is 0 Å². The minimum absolute atomic E-state index is 0.00232. The van der Waals surface area contributed by atoms with E-state index >= 15 is 0 Å². The third-order valence-electron chi connectivity index (χ3n) is 2.69. The Morgan fingerprint density at radius 1 is 1.53 bits per heavy atom. The highest BCUT2D eigenvalue weighted by Crippen LogP contribution is 2.28. The molecule has 1 saturated heterocycles. The average molecular weight is 246 g/mol. The fourth-order valence-corrected chi connectivity index (χ4v) is 1.66. The molecule has 6 heteroatoms. The molecule has 0 radical (unpaired) electrons. The summed E-state index contributed by atoms with van der Waals surface area (Å²) in [5, 5.41) is 26.8. The van der Waals surface area contributed by atoms with Gasteiger partial charge in [0, 0.05) is 11.5 Å². The molecule has 0 bridgehead atoms. The molecule has 98 valence electrons. The van der Waals surface area contributed by atoms with Crippen molar-refractivity contribution in [2.24, 2.45) is 5.92 Å². The molecule has 3 unspecified atom stereocenters. The van der Waals surface area contributed by atoms with Gasteiger partial charge in [-0.1, -0.05) is 6.58 Å². The number of aliphatic carboxylic acids is 1. The van der Waals surface area contributed by atoms with Crippen molar-refractivity contribution >= 4 is 5.97 Å². The second kappa shape index (κ2) is 6.70. The monoisotopic (exact) mass is 246 g/mol. The Kier molecular flexibility index (Phi) is 5.57. The van der Waals surface area contributed by atoms with Crippen molar-refractivity contribution in [2.45, 2.75) is 18.6 Å². The van der Waals surface area contributed by atoms with Crippen molar-refractivity contribution in [3.05, 3.63) is 12.2 Å². The van der Waals surface area contributed by atoms with Crippen LogP contribution in [0.5, 0.6) is 0 Å². The van der Waals surface area contributed by atoms with Crippen molar-refractivity contribution < 1.29 is 29.6 Å². The zero-order valence-electron chi connectivity index (χ0n) is 9.54. The predicted octanol–water partition coefficient (Wildman–Crippen LogP) is -0.598. The fourth-order valence-electron chi connectivity index (χ4n) is 1.66. The lowest BCUT2D eigenvalue weighted by Crippen LogP contribution is -2.33. The van der Waals surface area contributed by atoms with Gasteiger partial charge < -0.3 is 24.8 Å². The molecule has 17 heavy (non-hydrogen) atoms. The van der Waals surface area contributed by atoms with E-state index in [2.05, 4.69) is 6.58 Å². The Labute approximate surface area is 99.5 Å². The normalized spacial score (nSPS) is 21.9. The van der Waals surface area contributed by atoms with Gasteiger partial charge in [-0.15, -0.1) is 0 Å². The first kappa shape index (κ1) is 14.1. The van der Waals surface area contributed by atoms with Crippen LogP contribution in [-0.2, 0) is 14.3 Å². The number of hydrogen-bond donors (Lipinski definition) is 3. The molecule has 0 saturated carbocycles. The molecule has 3 N–H and O–H groups in total. The molecular formula is C11H18O6. The topological polar surface area (TPSA) is 99.5 Å². The Morgan fingerprint density at radius 3 is 2.59 bits per heavy atom. The summed E-state index contributed by atoms with van der Waals surface area (Å²) < 4.78 is 10.3. The van der Waals surface area contributed by atoms with E-state index in [4.69, 9.17) is 19.7 Å². The van der Waals surface area contributed by atoms with Gasteiger partial charge in [-0.2, -0.15) is 0 Å². The molecule has 1 heterocycles. The van der Waals surface area contributed by atoms with Crippen molar-refractivity contribution in [3.8, 4) is 0 Å². The van der Waals surface area contributed by atoms with Gasteiger partial charge in [0.2, 0.25) is 0 Å². The van der Waals surface area contributed by atoms with E-state index in [1.807, 2.05) is 0 Å². The van der Waals surface area contributed by atoms with Crippen LogP contribution < -0.4 is 0 Å². The van der Waals surface area contributed by atoms with E-state index in [-0.39, 0.29) is 31.5 Å². The van der Waals surface area contributed by atoms with Gasteiger partial charge in [-0.25, -0.2) is 4.79 Å². The molecule has 6 nitrogen and oxygen atoms in total. The van der Waals surface area contributed by atoms with Gasteiger partial charge in [0.05, 0.1) is 38.6 Å². The van der Waals surface area contributed by atoms with E-state index in [9.17, 15) is 9.90 Å². The summed E-state index contributed by atoms with van der Waals surface area (Å²) in [6, 6.07) is 0. The van der Waals surface area contributed by atoms with Crippen LogP contribution in [0.4, 0.5) is 0 Å². The summed E-state index contributed by atoms with van der Waals surface area (Å²) in [5.74, 6) is -1.61. The van der Waals surface area contributed by atoms with Crippen LogP contribution in [0.1, 0.15) is 6.42 Å². The standard InChI is InChI=1S/C11H18O6/c1-7(11(14)15)9(4-8-6-17-8)10(5-13)16-3-2-12/h8-10,12-13H,1-6H2,(H,14,15). The van der Waals surface area contributed by atoms with Crippen LogP contribution >= 0.6 is 0 Å². The lowest BCUT2D eigenvalue weighted by Gasteiger charge is -2.25. The number of carboxylic acid groups (broad SMARTS) is 1. The number of epoxide rings is 1. The van der Waals surface area contributed by atoms with E-state index in [0.29, 0.717) is 13.0 Å². The summed E-state index contributed by atoms with van der Waals surface area (Å²) >= 11 is 0. The zero-order valence-corrected chi connectivity index (χ0v) is 9.54. The lowest BCUT2D eigenvalue weighted by atomic mass is 9.90. The summed E-state index contributed by atoms with van der Waals surface area (Å²) in [5.41, 5.74) is -0.00232. The Morgan fingerprint density at radius 2 is 2.18 bits per heavy atom. The first-order valence-corrected chi connectivity index (χ1v) is 5.47. The molecule has 0 amide bonds. The van der Waals surface area contributed by atoms with Crippen molar-refractivity contribution in [3.63, 3.8) is 0 Å². The number of aliphatic hydroxyl groups excluding tert-OH is 2. The quantitative estimate of drug-likeness (QED) is 0.371. The zero-order chi connectivity index (χ0) is 12.8. The molecule has 1 aliphatic rings.